The van der Waals surface area contributed by atoms with E-state index in [0.717, 1.165) is 0 Å². The Morgan fingerprint density at radius 2 is 1.94 bits per heavy atom. The van der Waals surface area contributed by atoms with Crippen molar-refractivity contribution in [3.8, 4) is 17.2 Å². The number of aliphatic carboxylic acids is 1. The minimum absolute atomic E-state index is 0.143. The molecule has 0 aromatic heterocycles. The maximum atomic E-state index is 10.8. The summed E-state index contributed by atoms with van der Waals surface area (Å²) in [6.07, 6.45) is -1.65. The summed E-state index contributed by atoms with van der Waals surface area (Å²) in [5.41, 5.74) is 0.143. The fourth-order valence-electron chi connectivity index (χ4n) is 1.61. The third kappa shape index (κ3) is 2.12. The van der Waals surface area contributed by atoms with Gasteiger partial charge in [-0.3, -0.25) is 0 Å². The summed E-state index contributed by atoms with van der Waals surface area (Å²) in [5.74, 6) is -0.203. The van der Waals surface area contributed by atoms with Gasteiger partial charge < -0.3 is 24.4 Å². The predicted molar refractivity (Wildman–Crippen MR) is 56.6 cm³/mol. The van der Waals surface area contributed by atoms with Crippen LogP contribution in [0.4, 0.5) is 0 Å². The number of benzene rings is 1. The highest BCUT2D eigenvalue weighted by atomic mass is 16.6. The van der Waals surface area contributed by atoms with E-state index in [1.165, 1.54) is 19.2 Å². The van der Waals surface area contributed by atoms with E-state index in [1.54, 1.807) is 0 Å². The molecule has 2 rings (SSSR count). The second-order valence-corrected chi connectivity index (χ2v) is 3.48. The molecule has 1 aliphatic heterocycles. The Hall–Kier alpha value is -1.95. The van der Waals surface area contributed by atoms with Crippen LogP contribution in [0.1, 0.15) is 11.7 Å². The van der Waals surface area contributed by atoms with Gasteiger partial charge in [-0.05, 0) is 6.07 Å². The Morgan fingerprint density at radius 3 is 2.47 bits per heavy atom. The summed E-state index contributed by atoms with van der Waals surface area (Å²) in [5, 5.41) is 18.3. The van der Waals surface area contributed by atoms with Gasteiger partial charge in [-0.2, -0.15) is 0 Å². The minimum atomic E-state index is -1.65. The fraction of sp³-hybridized carbons (Fsp3) is 0.364. The first-order valence-electron chi connectivity index (χ1n) is 5.02. The van der Waals surface area contributed by atoms with Gasteiger partial charge >= 0.3 is 5.97 Å². The van der Waals surface area contributed by atoms with Crippen LogP contribution in [0.25, 0.3) is 0 Å². The van der Waals surface area contributed by atoms with Gasteiger partial charge in [0.05, 0.1) is 7.11 Å². The van der Waals surface area contributed by atoms with Gasteiger partial charge in [0, 0.05) is 11.6 Å². The van der Waals surface area contributed by atoms with Crippen molar-refractivity contribution in [2.75, 3.05) is 20.3 Å². The lowest BCUT2D eigenvalue weighted by atomic mass is 10.1. The molecule has 1 aromatic rings. The quantitative estimate of drug-likeness (QED) is 0.804. The van der Waals surface area contributed by atoms with Crippen LogP contribution < -0.4 is 14.2 Å². The molecule has 0 amide bonds. The molecule has 2 N–H and O–H groups in total. The molecule has 0 saturated carbocycles. The molecule has 0 aliphatic carbocycles. The van der Waals surface area contributed by atoms with Crippen LogP contribution in [-0.2, 0) is 4.79 Å². The molecule has 1 unspecified atom stereocenters. The molecule has 0 bridgehead atoms. The second kappa shape index (κ2) is 4.50. The third-order valence-corrected chi connectivity index (χ3v) is 2.42. The van der Waals surface area contributed by atoms with E-state index >= 15 is 0 Å². The molecule has 1 heterocycles. The van der Waals surface area contributed by atoms with Crippen molar-refractivity contribution in [3.63, 3.8) is 0 Å². The van der Waals surface area contributed by atoms with Gasteiger partial charge in [-0.1, -0.05) is 0 Å². The highest BCUT2D eigenvalue weighted by Gasteiger charge is 2.24. The number of aliphatic hydroxyl groups is 1. The molecule has 1 aromatic carbocycles. The summed E-state index contributed by atoms with van der Waals surface area (Å²) in [4.78, 5) is 10.8. The van der Waals surface area contributed by atoms with Crippen molar-refractivity contribution in [1.82, 2.24) is 0 Å². The minimum Gasteiger partial charge on any atom is -0.496 e. The van der Waals surface area contributed by atoms with Crippen molar-refractivity contribution in [1.29, 1.82) is 0 Å². The largest absolute Gasteiger partial charge is 0.496 e. The number of carboxylic acid groups (broad SMARTS) is 1. The van der Waals surface area contributed by atoms with Crippen LogP contribution in [0.2, 0.25) is 0 Å². The molecule has 1 aliphatic rings. The van der Waals surface area contributed by atoms with Crippen molar-refractivity contribution in [3.05, 3.63) is 17.7 Å². The van der Waals surface area contributed by atoms with Crippen LogP contribution in [0.15, 0.2) is 12.1 Å². The molecule has 1 atom stereocenters. The first-order valence-corrected chi connectivity index (χ1v) is 5.02. The van der Waals surface area contributed by atoms with Crippen LogP contribution in [0, 0.1) is 0 Å². The van der Waals surface area contributed by atoms with E-state index < -0.39 is 12.1 Å². The summed E-state index contributed by atoms with van der Waals surface area (Å²) in [7, 11) is 1.39. The smallest absolute Gasteiger partial charge is 0.337 e. The Bertz CT molecular complexity index is 442. The molecule has 0 fully saturated rings. The molecular formula is C11H12O6. The first-order chi connectivity index (χ1) is 8.13. The zero-order valence-corrected chi connectivity index (χ0v) is 9.17. The van der Waals surface area contributed by atoms with Gasteiger partial charge in [0.15, 0.2) is 17.6 Å². The molecule has 92 valence electrons. The first kappa shape index (κ1) is 11.5. The lowest BCUT2D eigenvalue weighted by Gasteiger charge is -2.21. The van der Waals surface area contributed by atoms with E-state index in [0.29, 0.717) is 24.7 Å². The molecule has 0 saturated heterocycles. The number of ether oxygens (including phenoxy) is 3. The van der Waals surface area contributed by atoms with Crippen LogP contribution in [0.3, 0.4) is 0 Å². The Labute approximate surface area is 97.3 Å². The van der Waals surface area contributed by atoms with Crippen molar-refractivity contribution >= 4 is 5.97 Å². The van der Waals surface area contributed by atoms with E-state index in [4.69, 9.17) is 19.3 Å². The lowest BCUT2D eigenvalue weighted by Crippen LogP contribution is -2.17. The number of methoxy groups -OCH3 is 1. The van der Waals surface area contributed by atoms with Gasteiger partial charge in [0.2, 0.25) is 0 Å². The average molecular weight is 240 g/mol. The maximum absolute atomic E-state index is 10.8. The third-order valence-electron chi connectivity index (χ3n) is 2.42. The number of aliphatic hydroxyl groups excluding tert-OH is 1. The van der Waals surface area contributed by atoms with Gasteiger partial charge in [-0.15, -0.1) is 0 Å². The number of rotatable bonds is 3. The molecule has 6 heteroatoms. The topological polar surface area (TPSA) is 85.2 Å². The van der Waals surface area contributed by atoms with Gasteiger partial charge in [0.25, 0.3) is 0 Å². The molecule has 6 nitrogen and oxygen atoms in total. The monoisotopic (exact) mass is 240 g/mol. The standard InChI is InChI=1S/C11H12O6/c1-15-7-5-9-8(16-2-3-17-9)4-6(7)10(12)11(13)14/h4-5,10,12H,2-3H2,1H3,(H,13,14). The van der Waals surface area contributed by atoms with Crippen molar-refractivity contribution in [2.24, 2.45) is 0 Å². The van der Waals surface area contributed by atoms with Crippen molar-refractivity contribution < 1.29 is 29.2 Å². The summed E-state index contributed by atoms with van der Waals surface area (Å²) in [6.45, 7) is 0.818. The zero-order chi connectivity index (χ0) is 12.4. The average Bonchev–Trinajstić information content (AvgIpc) is 2.36. The summed E-state index contributed by atoms with van der Waals surface area (Å²) in [6, 6.07) is 2.93. The van der Waals surface area contributed by atoms with Crippen LogP contribution in [0.5, 0.6) is 17.2 Å². The number of carbonyl (C=O) groups is 1. The molecule has 0 radical (unpaired) electrons. The summed E-state index contributed by atoms with van der Waals surface area (Å²) >= 11 is 0. The SMILES string of the molecule is COc1cc2c(cc1C(O)C(=O)O)OCCO2. The Morgan fingerprint density at radius 1 is 1.35 bits per heavy atom. The van der Waals surface area contributed by atoms with E-state index in [1.807, 2.05) is 0 Å². The second-order valence-electron chi connectivity index (χ2n) is 3.48. The van der Waals surface area contributed by atoms with E-state index in [2.05, 4.69) is 0 Å². The molecule has 0 spiro atoms. The van der Waals surface area contributed by atoms with Gasteiger partial charge in [0.1, 0.15) is 19.0 Å². The van der Waals surface area contributed by atoms with Gasteiger partial charge in [-0.25, -0.2) is 4.79 Å². The Kier molecular flexibility index (Phi) is 3.06. The fourth-order valence-corrected chi connectivity index (χ4v) is 1.61. The number of hydrogen-bond donors (Lipinski definition) is 2. The molecular weight excluding hydrogens is 228 g/mol. The zero-order valence-electron chi connectivity index (χ0n) is 9.17. The van der Waals surface area contributed by atoms with E-state index in [-0.39, 0.29) is 11.3 Å². The number of carboxylic acids is 1. The lowest BCUT2D eigenvalue weighted by molar-refractivity contribution is -0.147. The number of hydrogen-bond acceptors (Lipinski definition) is 5. The predicted octanol–water partition coefficient (Wildman–Crippen LogP) is 0.584. The van der Waals surface area contributed by atoms with Crippen LogP contribution >= 0.6 is 0 Å². The number of fused-ring (bicyclic) bond motifs is 1. The summed E-state index contributed by atoms with van der Waals surface area (Å²) < 4.78 is 15.7. The normalized spacial score (nSPS) is 15.2. The van der Waals surface area contributed by atoms with Crippen LogP contribution in [-0.4, -0.2) is 36.5 Å². The Balaban J connectivity index is 2.46. The highest BCUT2D eigenvalue weighted by Crippen LogP contribution is 2.39. The van der Waals surface area contributed by atoms with Crippen molar-refractivity contribution in [2.45, 2.75) is 6.10 Å². The molecule has 17 heavy (non-hydrogen) atoms. The maximum Gasteiger partial charge on any atom is 0.337 e. The van der Waals surface area contributed by atoms with E-state index in [9.17, 15) is 9.90 Å². The highest BCUT2D eigenvalue weighted by molar-refractivity contribution is 5.76.